The van der Waals surface area contributed by atoms with E-state index in [-0.39, 0.29) is 13.9 Å². The third-order valence-corrected chi connectivity index (χ3v) is 8.63. The predicted octanol–water partition coefficient (Wildman–Crippen LogP) is 6.48. The zero-order valence-corrected chi connectivity index (χ0v) is 24.9. The topological polar surface area (TPSA) is 51.7 Å². The van der Waals surface area contributed by atoms with Crippen molar-refractivity contribution in [3.63, 3.8) is 0 Å². The van der Waals surface area contributed by atoms with E-state index in [1.807, 2.05) is 0 Å². The fourth-order valence-corrected chi connectivity index (χ4v) is 6.02. The SMILES string of the molecule is O=C(NCc1ccc(C(F)(F)F)cc1)c1cnc(N2CCN(C3CCN(Cc4ccc(Br)cc4)CC3)CC2)c(Cl)c1.[HH]. The maximum absolute atomic E-state index is 12.8. The minimum Gasteiger partial charge on any atom is -0.353 e. The smallest absolute Gasteiger partial charge is 0.353 e. The van der Waals surface area contributed by atoms with Crippen LogP contribution < -0.4 is 10.2 Å². The number of pyridine rings is 1. The number of halogens is 5. The van der Waals surface area contributed by atoms with Crippen molar-refractivity contribution in [1.29, 1.82) is 0 Å². The molecule has 2 fully saturated rings. The van der Waals surface area contributed by atoms with Crippen molar-refractivity contribution in [2.75, 3.05) is 44.2 Å². The van der Waals surface area contributed by atoms with Gasteiger partial charge in [-0.25, -0.2) is 4.98 Å². The van der Waals surface area contributed by atoms with Gasteiger partial charge in [0.15, 0.2) is 0 Å². The number of carbonyl (C=O) groups excluding carboxylic acids is 1. The molecule has 2 aliphatic heterocycles. The van der Waals surface area contributed by atoms with Crippen molar-refractivity contribution < 1.29 is 19.4 Å². The van der Waals surface area contributed by atoms with Crippen LogP contribution >= 0.6 is 27.5 Å². The molecule has 1 amide bonds. The average Bonchev–Trinajstić information content (AvgIpc) is 2.97. The molecule has 0 bridgehead atoms. The number of aromatic nitrogens is 1. The number of nitrogens with zero attached hydrogens (tertiary/aromatic N) is 4. The molecule has 0 unspecified atom stereocenters. The van der Waals surface area contributed by atoms with Gasteiger partial charge in [0.25, 0.3) is 5.91 Å². The van der Waals surface area contributed by atoms with Crippen molar-refractivity contribution in [1.82, 2.24) is 20.1 Å². The normalized spacial score (nSPS) is 17.5. The summed E-state index contributed by atoms with van der Waals surface area (Å²) in [6.07, 6.45) is -0.578. The Morgan fingerprint density at radius 1 is 0.976 bits per heavy atom. The number of carbonyl (C=O) groups is 1. The molecule has 3 heterocycles. The molecule has 41 heavy (non-hydrogen) atoms. The second kappa shape index (κ2) is 13.1. The van der Waals surface area contributed by atoms with Gasteiger partial charge in [0.1, 0.15) is 5.82 Å². The van der Waals surface area contributed by atoms with Crippen molar-refractivity contribution in [3.8, 4) is 0 Å². The van der Waals surface area contributed by atoms with Gasteiger partial charge in [-0.2, -0.15) is 13.2 Å². The fraction of sp³-hybridized carbons (Fsp3) is 0.400. The molecule has 0 saturated carbocycles. The molecular formula is C30H34BrClF3N5O. The van der Waals surface area contributed by atoms with Gasteiger partial charge in [-0.05, 0) is 67.4 Å². The van der Waals surface area contributed by atoms with E-state index in [1.165, 1.54) is 23.9 Å². The summed E-state index contributed by atoms with van der Waals surface area (Å²) in [5, 5.41) is 3.12. The molecular weight excluding hydrogens is 619 g/mol. The number of amides is 1. The van der Waals surface area contributed by atoms with Crippen LogP contribution in [0.2, 0.25) is 5.02 Å². The van der Waals surface area contributed by atoms with E-state index in [0.29, 0.717) is 28.0 Å². The summed E-state index contributed by atoms with van der Waals surface area (Å²) >= 11 is 10.0. The fourth-order valence-electron chi connectivity index (χ4n) is 5.47. The zero-order valence-electron chi connectivity index (χ0n) is 22.5. The van der Waals surface area contributed by atoms with Crippen LogP contribution in [-0.4, -0.2) is 66.0 Å². The Morgan fingerprint density at radius 2 is 1.61 bits per heavy atom. The van der Waals surface area contributed by atoms with Crippen LogP contribution in [-0.2, 0) is 19.3 Å². The number of nitrogens with one attached hydrogen (secondary N) is 1. The lowest BCUT2D eigenvalue weighted by atomic mass is 10.0. The van der Waals surface area contributed by atoms with Crippen LogP contribution in [0, 0.1) is 0 Å². The minimum atomic E-state index is -4.39. The van der Waals surface area contributed by atoms with E-state index >= 15 is 0 Å². The van der Waals surface area contributed by atoms with Crippen LogP contribution in [0.1, 0.15) is 41.3 Å². The molecule has 11 heteroatoms. The van der Waals surface area contributed by atoms with Gasteiger partial charge >= 0.3 is 6.18 Å². The van der Waals surface area contributed by atoms with Gasteiger partial charge in [-0.1, -0.05) is 51.8 Å². The summed E-state index contributed by atoms with van der Waals surface area (Å²) in [6, 6.07) is 15.4. The third kappa shape index (κ3) is 7.80. The number of hydrogen-bond donors (Lipinski definition) is 1. The van der Waals surface area contributed by atoms with Gasteiger partial charge in [-0.3, -0.25) is 14.6 Å². The van der Waals surface area contributed by atoms with Gasteiger partial charge in [0, 0.05) is 57.4 Å². The molecule has 220 valence electrons. The second-order valence-corrected chi connectivity index (χ2v) is 11.9. The Labute approximate surface area is 253 Å². The molecule has 0 aliphatic carbocycles. The first-order chi connectivity index (χ1) is 19.7. The summed E-state index contributed by atoms with van der Waals surface area (Å²) in [5.41, 5.74) is 1.49. The van der Waals surface area contributed by atoms with Crippen LogP contribution in [0.25, 0.3) is 0 Å². The van der Waals surface area contributed by atoms with E-state index in [0.717, 1.165) is 75.3 Å². The lowest BCUT2D eigenvalue weighted by molar-refractivity contribution is -0.137. The van der Waals surface area contributed by atoms with E-state index in [1.54, 1.807) is 6.07 Å². The highest BCUT2D eigenvalue weighted by atomic mass is 79.9. The van der Waals surface area contributed by atoms with Crippen molar-refractivity contribution in [2.24, 2.45) is 0 Å². The number of piperazine rings is 1. The first-order valence-electron chi connectivity index (χ1n) is 13.7. The average molecular weight is 653 g/mol. The van der Waals surface area contributed by atoms with Gasteiger partial charge < -0.3 is 10.2 Å². The lowest BCUT2D eigenvalue weighted by Crippen LogP contribution is -2.53. The van der Waals surface area contributed by atoms with Gasteiger partial charge in [0.2, 0.25) is 0 Å². The van der Waals surface area contributed by atoms with Crippen LogP contribution in [0.3, 0.4) is 0 Å². The Hall–Kier alpha value is -2.66. The molecule has 0 spiro atoms. The summed E-state index contributed by atoms with van der Waals surface area (Å²) in [6.45, 7) is 6.77. The predicted molar refractivity (Wildman–Crippen MR) is 160 cm³/mol. The van der Waals surface area contributed by atoms with Gasteiger partial charge in [-0.15, -0.1) is 0 Å². The van der Waals surface area contributed by atoms with E-state index in [2.05, 4.69) is 65.2 Å². The summed E-state index contributed by atoms with van der Waals surface area (Å²) in [5.74, 6) is 0.275. The van der Waals surface area contributed by atoms with Crippen molar-refractivity contribution in [2.45, 2.75) is 38.1 Å². The minimum absolute atomic E-state index is 0. The molecule has 0 atom stereocenters. The van der Waals surface area contributed by atoms with E-state index in [9.17, 15) is 18.0 Å². The Bertz CT molecular complexity index is 1330. The Morgan fingerprint density at radius 3 is 2.22 bits per heavy atom. The van der Waals surface area contributed by atoms with Gasteiger partial charge in [0.05, 0.1) is 16.1 Å². The number of anilines is 1. The quantitative estimate of drug-likeness (QED) is 0.317. The van der Waals surface area contributed by atoms with E-state index in [4.69, 9.17) is 11.6 Å². The number of rotatable bonds is 7. The highest BCUT2D eigenvalue weighted by Gasteiger charge is 2.30. The standard InChI is InChI=1S/C30H32BrClF3N5O.H2/c31-25-7-3-22(4-8-25)20-38-11-9-26(10-12-38)39-13-15-40(16-14-39)28-27(32)17-23(19-36-28)29(41)37-18-21-1-5-24(6-2-21)30(33,34)35;/h1-8,17,19,26H,9-16,18,20H2,(H,37,41);1H. The van der Waals surface area contributed by atoms with Crippen molar-refractivity contribution in [3.05, 3.63) is 92.5 Å². The molecule has 1 N–H and O–H groups in total. The first kappa shape index (κ1) is 29.8. The molecule has 1 aromatic heterocycles. The monoisotopic (exact) mass is 651 g/mol. The second-order valence-electron chi connectivity index (χ2n) is 10.6. The summed E-state index contributed by atoms with van der Waals surface area (Å²) in [7, 11) is 0. The zero-order chi connectivity index (χ0) is 29.0. The Balaban J connectivity index is 0.00000405. The Kier molecular flexibility index (Phi) is 9.53. The van der Waals surface area contributed by atoms with E-state index < -0.39 is 11.7 Å². The number of piperidine rings is 1. The highest BCUT2D eigenvalue weighted by Crippen LogP contribution is 2.29. The van der Waals surface area contributed by atoms with Crippen LogP contribution in [0.15, 0.2) is 65.3 Å². The first-order valence-corrected chi connectivity index (χ1v) is 14.9. The molecule has 2 aliphatic rings. The number of likely N-dealkylation sites (tertiary alicyclic amines) is 1. The van der Waals surface area contributed by atoms with Crippen molar-refractivity contribution >= 4 is 39.3 Å². The third-order valence-electron chi connectivity index (χ3n) is 7.83. The maximum atomic E-state index is 12.8. The molecule has 6 nitrogen and oxygen atoms in total. The molecule has 2 aromatic carbocycles. The maximum Gasteiger partial charge on any atom is 0.416 e. The van der Waals surface area contributed by atoms with Crippen LogP contribution in [0.5, 0.6) is 0 Å². The molecule has 3 aromatic rings. The summed E-state index contributed by atoms with van der Waals surface area (Å²) < 4.78 is 39.4. The number of hydrogen-bond acceptors (Lipinski definition) is 5. The largest absolute Gasteiger partial charge is 0.416 e. The molecule has 2 saturated heterocycles. The highest BCUT2D eigenvalue weighted by molar-refractivity contribution is 9.10. The van der Waals surface area contributed by atoms with Crippen LogP contribution in [0.4, 0.5) is 19.0 Å². The molecule has 5 rings (SSSR count). The number of alkyl halides is 3. The summed E-state index contributed by atoms with van der Waals surface area (Å²) in [4.78, 5) is 24.4. The lowest BCUT2D eigenvalue weighted by Gasteiger charge is -2.43. The molecule has 0 radical (unpaired) electrons. The number of benzene rings is 2.